The molecule has 25 heteroatoms. The van der Waals surface area contributed by atoms with Gasteiger partial charge in [-0.3, -0.25) is 37.9 Å². The monoisotopic (exact) mass is 1400 g/mol. The number of urea groups is 1. The first-order valence-corrected chi connectivity index (χ1v) is 37.2. The molecule has 23 nitrogen and oxygen atoms in total. The fourth-order valence-electron chi connectivity index (χ4n) is 13.2. The molecule has 0 bridgehead atoms. The number of allylic oxidation sites excluding steroid dienone is 8. The summed E-state index contributed by atoms with van der Waals surface area (Å²) in [6.07, 6.45) is 15.5. The van der Waals surface area contributed by atoms with Gasteiger partial charge in [0.1, 0.15) is 18.4 Å². The van der Waals surface area contributed by atoms with Crippen molar-refractivity contribution in [2.75, 3.05) is 36.0 Å². The Morgan fingerprint density at radius 3 is 1.94 bits per heavy atom. The van der Waals surface area contributed by atoms with E-state index in [9.17, 15) is 79.6 Å². The van der Waals surface area contributed by atoms with Crippen LogP contribution in [0.25, 0.3) is 0 Å². The van der Waals surface area contributed by atoms with Gasteiger partial charge in [0.2, 0.25) is 11.6 Å². The van der Waals surface area contributed by atoms with Crippen molar-refractivity contribution in [2.45, 2.75) is 205 Å². The van der Waals surface area contributed by atoms with E-state index in [1.165, 1.54) is 0 Å². The van der Waals surface area contributed by atoms with E-state index >= 15 is 0 Å². The number of aryl methyl sites for hydroxylation is 1. The zero-order valence-electron chi connectivity index (χ0n) is 57.0. The number of nitrogens with zero attached hydrogens (tertiary/aromatic N) is 2. The Balaban J connectivity index is 1.14. The maximum absolute atomic E-state index is 13.8. The molecule has 98 heavy (non-hydrogen) atoms. The molecule has 6 rings (SSSR count). The number of carboxylic acids is 4. The Kier molecular flexibility index (Phi) is 29.5. The molecule has 0 saturated carbocycles. The van der Waals surface area contributed by atoms with Crippen molar-refractivity contribution in [3.63, 3.8) is 0 Å². The number of ketones is 2. The third-order valence-electron chi connectivity index (χ3n) is 18.5. The van der Waals surface area contributed by atoms with Crippen molar-refractivity contribution in [1.29, 1.82) is 0 Å². The average Bonchev–Trinajstić information content (AvgIpc) is 1.60. The van der Waals surface area contributed by atoms with E-state index in [1.807, 2.05) is 43.3 Å². The van der Waals surface area contributed by atoms with Crippen LogP contribution < -0.4 is 20.9 Å². The lowest BCUT2D eigenvalue weighted by molar-refractivity contribution is -0.438. The molecule has 2 aliphatic heterocycles. The lowest BCUT2D eigenvalue weighted by atomic mass is 9.80. The first kappa shape index (κ1) is 78.9. The largest absolute Gasteiger partial charge is 0.481 e. The van der Waals surface area contributed by atoms with E-state index in [2.05, 4.69) is 108 Å². The van der Waals surface area contributed by atoms with Gasteiger partial charge in [0.25, 0.3) is 20.2 Å². The van der Waals surface area contributed by atoms with E-state index in [1.54, 1.807) is 0 Å². The number of carbonyl (C=O) groups excluding carboxylic acids is 4. The Bertz CT molecular complexity index is 3790. The lowest BCUT2D eigenvalue weighted by Crippen LogP contribution is -2.46. The van der Waals surface area contributed by atoms with Crippen LogP contribution in [-0.4, -0.2) is 147 Å². The minimum atomic E-state index is -4.14. The average molecular weight is 1400 g/mol. The smallest absolute Gasteiger partial charge is 0.326 e. The number of fused-ring (bicyclic) bond motifs is 2. The number of amides is 3. The van der Waals surface area contributed by atoms with Crippen LogP contribution in [0.1, 0.15) is 190 Å². The molecule has 1 aliphatic carbocycles. The van der Waals surface area contributed by atoms with Gasteiger partial charge >= 0.3 is 29.9 Å². The van der Waals surface area contributed by atoms with Crippen LogP contribution >= 0.6 is 0 Å². The normalized spacial score (nSPS) is 16.8. The first-order chi connectivity index (χ1) is 46.2. The molecule has 534 valence electrons. The minimum Gasteiger partial charge on any atom is -0.481 e. The molecule has 0 fully saturated rings. The van der Waals surface area contributed by atoms with Gasteiger partial charge in [-0.15, -0.1) is 0 Å². The quantitative estimate of drug-likeness (QED) is 0.0144. The van der Waals surface area contributed by atoms with Gasteiger partial charge in [-0.2, -0.15) is 21.4 Å². The van der Waals surface area contributed by atoms with Crippen LogP contribution in [0.3, 0.4) is 0 Å². The summed E-state index contributed by atoms with van der Waals surface area (Å²) in [6, 6.07) is 18.5. The predicted octanol–water partition coefficient (Wildman–Crippen LogP) is 10.8. The number of benzene rings is 3. The number of carbonyl (C=O) groups is 8. The van der Waals surface area contributed by atoms with Crippen LogP contribution in [0.2, 0.25) is 0 Å². The van der Waals surface area contributed by atoms with Gasteiger partial charge < -0.3 is 41.3 Å². The van der Waals surface area contributed by atoms with Gasteiger partial charge in [0.15, 0.2) is 11.5 Å². The zero-order valence-corrected chi connectivity index (χ0v) is 58.6. The SMILES string of the molecule is Cc1ccc2c(c1)C(C)(C)/C(=C\C=C1/CCCC(/C=C/C3=[N+](CCCCS(=O)(=O)O)c4ccccc4C3(C)C)=C1Cc1ccc(C[C@H](CC(=O)[C@H](CC(=O)O)NC(=O)CCCCCCCCC(=O)CC[C@H](NC(=O)NCCCC(=O)O)C(=O)O)C(=O)O)cc1)N2CCCCS(=O)(=O)O. The second-order valence-corrected chi connectivity index (χ2v) is 30.1. The van der Waals surface area contributed by atoms with Gasteiger partial charge in [0, 0.05) is 86.1 Å². The highest BCUT2D eigenvalue weighted by Gasteiger charge is 2.44. The molecule has 0 spiro atoms. The molecule has 0 saturated heterocycles. The number of rotatable bonds is 42. The van der Waals surface area contributed by atoms with Crippen LogP contribution in [0.5, 0.6) is 0 Å². The second kappa shape index (κ2) is 36.6. The summed E-state index contributed by atoms with van der Waals surface area (Å²) in [5.74, 6) is -8.33. The van der Waals surface area contributed by atoms with Gasteiger partial charge in [-0.25, -0.2) is 9.59 Å². The summed E-state index contributed by atoms with van der Waals surface area (Å²) in [6.45, 7) is 11.8. The highest BCUT2D eigenvalue weighted by molar-refractivity contribution is 7.86. The summed E-state index contributed by atoms with van der Waals surface area (Å²) in [7, 11) is -8.27. The summed E-state index contributed by atoms with van der Waals surface area (Å²) < 4.78 is 68.1. The Hall–Kier alpha value is -8.13. The fraction of sp³-hybridized carbons (Fsp3) is 0.521. The first-order valence-electron chi connectivity index (χ1n) is 33.9. The maximum Gasteiger partial charge on any atom is 0.326 e. The Morgan fingerprint density at radius 1 is 0.633 bits per heavy atom. The van der Waals surface area contributed by atoms with Gasteiger partial charge in [-0.05, 0) is 143 Å². The maximum atomic E-state index is 13.8. The molecule has 0 aromatic heterocycles. The van der Waals surface area contributed by atoms with E-state index < -0.39 is 104 Å². The number of para-hydroxylation sites is 1. The molecule has 3 aliphatic rings. The Labute approximate surface area is 575 Å². The lowest BCUT2D eigenvalue weighted by Gasteiger charge is -2.28. The van der Waals surface area contributed by atoms with E-state index in [-0.39, 0.29) is 81.6 Å². The van der Waals surface area contributed by atoms with Crippen molar-refractivity contribution in [3.05, 3.63) is 141 Å². The van der Waals surface area contributed by atoms with Crippen molar-refractivity contribution in [3.8, 4) is 0 Å². The number of hydrogen-bond acceptors (Lipinski definition) is 13. The third-order valence-corrected chi connectivity index (χ3v) is 20.1. The second-order valence-electron chi connectivity index (χ2n) is 27.0. The number of aliphatic carboxylic acids is 4. The molecular formula is C73H98N5O18S2+. The van der Waals surface area contributed by atoms with Crippen molar-refractivity contribution in [2.24, 2.45) is 5.92 Å². The number of hydrogen-bond donors (Lipinski definition) is 9. The number of unbranched alkanes of at least 4 members (excludes halogenated alkanes) is 7. The van der Waals surface area contributed by atoms with Crippen LogP contribution in [0.4, 0.5) is 16.2 Å². The van der Waals surface area contributed by atoms with Crippen LogP contribution in [-0.2, 0) is 77.5 Å². The molecule has 3 atom stereocenters. The number of carboxylic acid groups (broad SMARTS) is 4. The molecule has 3 aromatic rings. The number of anilines is 1. The molecule has 0 unspecified atom stereocenters. The Morgan fingerprint density at radius 2 is 1.29 bits per heavy atom. The predicted molar refractivity (Wildman–Crippen MR) is 373 cm³/mol. The van der Waals surface area contributed by atoms with Gasteiger partial charge in [-0.1, -0.05) is 112 Å². The van der Waals surface area contributed by atoms with E-state index in [0.717, 1.165) is 87.4 Å². The molecule has 3 amide bonds. The van der Waals surface area contributed by atoms with Crippen molar-refractivity contribution in [1.82, 2.24) is 16.0 Å². The summed E-state index contributed by atoms with van der Waals surface area (Å²) >= 11 is 0. The highest BCUT2D eigenvalue weighted by atomic mass is 32.2. The summed E-state index contributed by atoms with van der Waals surface area (Å²) in [4.78, 5) is 101. The summed E-state index contributed by atoms with van der Waals surface area (Å²) in [5.41, 5.74) is 11.5. The molecule has 0 radical (unpaired) electrons. The molecule has 3 aromatic carbocycles. The van der Waals surface area contributed by atoms with E-state index in [4.69, 9.17) is 5.11 Å². The number of nitrogens with one attached hydrogen (secondary N) is 3. The fourth-order valence-corrected chi connectivity index (χ4v) is 14.3. The minimum absolute atomic E-state index is 0.0101. The van der Waals surface area contributed by atoms with Gasteiger partial charge in [0.05, 0.1) is 35.3 Å². The van der Waals surface area contributed by atoms with Crippen LogP contribution in [0, 0.1) is 12.8 Å². The van der Waals surface area contributed by atoms with Crippen molar-refractivity contribution < 1.29 is 89.3 Å². The van der Waals surface area contributed by atoms with Crippen LogP contribution in [0.15, 0.2) is 113 Å². The molecular weight excluding hydrogens is 1300 g/mol. The number of Topliss-reactive ketones (excluding diaryl/α,β-unsaturated/α-hetero) is 2. The topological polar surface area (TPSA) is 369 Å². The third kappa shape index (κ3) is 24.4. The molecule has 9 N–H and O–H groups in total. The standard InChI is InChI=1S/C73H97N5O18S2/c1-49-27-36-62-58(44-49)73(4,5)65(78(62)41-15-17-43-98(94,95)96)38-33-53-21-18-20-52(32-37-64-72(2,3)57-23-12-13-24-61(57)77(64)40-14-16-42-97(91,92)93)56(53)46-51-30-28-50(29-31-51)45-54(69(86)87)47-63(80)60(48-68(84)85)75-66(81)25-11-9-7-6-8-10-22-55(79)34-35-59(70(88)89)76-71(90)74-39-19-26-67(82)83/h12-13,23-24,27-33,36-38,44,54,59-60H,6-11,14-22,25-26,34-35,39-43,45-48H2,1-5H3,(H8-,74,75,76,81,82,83,84,85,86,87,88,89,90,91,92,93,94,95,96)/p+1/t54-,59+,60+/m1/s1. The highest BCUT2D eigenvalue weighted by Crippen LogP contribution is 2.49. The van der Waals surface area contributed by atoms with E-state index in [0.29, 0.717) is 70.0 Å². The summed E-state index contributed by atoms with van der Waals surface area (Å²) in [5, 5.41) is 45.6. The zero-order chi connectivity index (χ0) is 72.0. The van der Waals surface area contributed by atoms with Crippen molar-refractivity contribution >= 4 is 84.7 Å². The molecule has 2 heterocycles.